The highest BCUT2D eigenvalue weighted by Gasteiger charge is 2.20. The molecule has 0 aliphatic heterocycles. The van der Waals surface area contributed by atoms with Crippen LogP contribution in [0.3, 0.4) is 0 Å². The molecule has 3 N–H and O–H groups in total. The van der Waals surface area contributed by atoms with Crippen molar-refractivity contribution in [2.24, 2.45) is 0 Å². The zero-order valence-corrected chi connectivity index (χ0v) is 13.4. The second kappa shape index (κ2) is 5.73. The highest BCUT2D eigenvalue weighted by molar-refractivity contribution is 7.89. The monoisotopic (exact) mass is 330 g/mol. The molecule has 0 fully saturated rings. The Bertz CT molecular complexity index is 726. The smallest absolute Gasteiger partial charge is 0.241 e. The van der Waals surface area contributed by atoms with Crippen molar-refractivity contribution in [3.63, 3.8) is 0 Å². The summed E-state index contributed by atoms with van der Waals surface area (Å²) in [5, 5.41) is 0.229. The molecule has 20 heavy (non-hydrogen) atoms. The van der Waals surface area contributed by atoms with Crippen molar-refractivity contribution in [1.82, 2.24) is 4.72 Å². The lowest BCUT2D eigenvalue weighted by Gasteiger charge is -2.13. The first kappa shape index (κ1) is 15.3. The summed E-state index contributed by atoms with van der Waals surface area (Å²) < 4.78 is 27.2. The topological polar surface area (TPSA) is 72.2 Å². The summed E-state index contributed by atoms with van der Waals surface area (Å²) in [6, 6.07) is 7.86. The van der Waals surface area contributed by atoms with Crippen LogP contribution in [0.15, 0.2) is 35.2 Å². The molecule has 0 radical (unpaired) electrons. The van der Waals surface area contributed by atoms with Crippen LogP contribution in [0.5, 0.6) is 0 Å². The molecule has 7 heteroatoms. The predicted octanol–water partition coefficient (Wildman–Crippen LogP) is 3.33. The Morgan fingerprint density at radius 2 is 2.00 bits per heavy atom. The molecule has 1 atom stereocenters. The fourth-order valence-electron chi connectivity index (χ4n) is 1.72. The standard InChI is InChI=1S/C13H15ClN2O2S2/c1-8-3-6-13(19-8)9(2)16-20(17,18)10-4-5-12(15)11(14)7-10/h3-7,9,16H,15H2,1-2H3. The average molecular weight is 331 g/mol. The molecule has 2 rings (SSSR count). The minimum Gasteiger partial charge on any atom is -0.398 e. The van der Waals surface area contributed by atoms with Crippen molar-refractivity contribution < 1.29 is 8.42 Å². The van der Waals surface area contributed by atoms with Gasteiger partial charge in [0.1, 0.15) is 0 Å². The number of anilines is 1. The Morgan fingerprint density at radius 1 is 1.30 bits per heavy atom. The molecule has 0 amide bonds. The molecule has 2 aromatic rings. The van der Waals surface area contributed by atoms with Crippen molar-refractivity contribution >= 4 is 38.6 Å². The highest BCUT2D eigenvalue weighted by atomic mass is 35.5. The van der Waals surface area contributed by atoms with E-state index in [-0.39, 0.29) is 16.0 Å². The summed E-state index contributed by atoms with van der Waals surface area (Å²) >= 11 is 7.43. The second-order valence-electron chi connectivity index (χ2n) is 4.47. The van der Waals surface area contributed by atoms with E-state index in [9.17, 15) is 8.42 Å². The number of sulfonamides is 1. The van der Waals surface area contributed by atoms with Gasteiger partial charge in [0.15, 0.2) is 0 Å². The third-order valence-electron chi connectivity index (χ3n) is 2.80. The molecule has 0 spiro atoms. The van der Waals surface area contributed by atoms with E-state index in [1.165, 1.54) is 18.2 Å². The maximum Gasteiger partial charge on any atom is 0.241 e. The van der Waals surface area contributed by atoms with Gasteiger partial charge >= 0.3 is 0 Å². The minimum absolute atomic E-state index is 0.108. The van der Waals surface area contributed by atoms with Gasteiger partial charge in [0.05, 0.1) is 21.6 Å². The van der Waals surface area contributed by atoms with Gasteiger partial charge in [-0.3, -0.25) is 0 Å². The normalized spacial score (nSPS) is 13.3. The molecule has 0 saturated carbocycles. The van der Waals surface area contributed by atoms with E-state index in [1.54, 1.807) is 11.3 Å². The molecular weight excluding hydrogens is 316 g/mol. The van der Waals surface area contributed by atoms with Gasteiger partial charge in [-0.15, -0.1) is 11.3 Å². The Kier molecular flexibility index (Phi) is 4.39. The van der Waals surface area contributed by atoms with Crippen LogP contribution >= 0.6 is 22.9 Å². The Hall–Kier alpha value is -1.08. The first-order valence-electron chi connectivity index (χ1n) is 5.93. The van der Waals surface area contributed by atoms with E-state index in [0.717, 1.165) is 9.75 Å². The first-order chi connectivity index (χ1) is 9.29. The number of benzene rings is 1. The van der Waals surface area contributed by atoms with Crippen molar-refractivity contribution in [3.8, 4) is 0 Å². The lowest BCUT2D eigenvalue weighted by molar-refractivity contribution is 0.568. The summed E-state index contributed by atoms with van der Waals surface area (Å²) in [6.07, 6.45) is 0. The van der Waals surface area contributed by atoms with Crippen LogP contribution in [-0.4, -0.2) is 8.42 Å². The Balaban J connectivity index is 2.24. The summed E-state index contributed by atoms with van der Waals surface area (Å²) in [4.78, 5) is 2.21. The zero-order valence-electron chi connectivity index (χ0n) is 11.1. The second-order valence-corrected chi connectivity index (χ2v) is 7.92. The van der Waals surface area contributed by atoms with E-state index in [4.69, 9.17) is 17.3 Å². The van der Waals surface area contributed by atoms with Gasteiger partial charge in [-0.2, -0.15) is 0 Å². The number of thiophene rings is 1. The Labute approximate surface area is 127 Å². The maximum absolute atomic E-state index is 12.3. The van der Waals surface area contributed by atoms with Crippen molar-refractivity contribution in [2.45, 2.75) is 24.8 Å². The molecule has 0 aliphatic rings. The average Bonchev–Trinajstić information content (AvgIpc) is 2.79. The number of aryl methyl sites for hydroxylation is 1. The van der Waals surface area contributed by atoms with E-state index in [2.05, 4.69) is 4.72 Å². The van der Waals surface area contributed by atoms with Crippen molar-refractivity contribution in [2.75, 3.05) is 5.73 Å². The van der Waals surface area contributed by atoms with Crippen molar-refractivity contribution in [1.29, 1.82) is 0 Å². The number of halogens is 1. The lowest BCUT2D eigenvalue weighted by atomic mass is 10.3. The third-order valence-corrected chi connectivity index (χ3v) is 5.85. The van der Waals surface area contributed by atoms with Gasteiger partial charge in [-0.05, 0) is 44.2 Å². The number of hydrogen-bond acceptors (Lipinski definition) is 4. The first-order valence-corrected chi connectivity index (χ1v) is 8.61. The highest BCUT2D eigenvalue weighted by Crippen LogP contribution is 2.26. The van der Waals surface area contributed by atoms with Crippen LogP contribution in [0.4, 0.5) is 5.69 Å². The number of nitrogen functional groups attached to an aromatic ring is 1. The third kappa shape index (κ3) is 3.32. The lowest BCUT2D eigenvalue weighted by Crippen LogP contribution is -2.26. The van der Waals surface area contributed by atoms with E-state index < -0.39 is 10.0 Å². The Morgan fingerprint density at radius 3 is 2.55 bits per heavy atom. The van der Waals surface area contributed by atoms with Gasteiger partial charge < -0.3 is 5.73 Å². The van der Waals surface area contributed by atoms with Crippen LogP contribution < -0.4 is 10.5 Å². The van der Waals surface area contributed by atoms with Gasteiger partial charge in [-0.25, -0.2) is 13.1 Å². The fraction of sp³-hybridized carbons (Fsp3) is 0.231. The molecule has 0 aliphatic carbocycles. The van der Waals surface area contributed by atoms with Crippen LogP contribution in [0.2, 0.25) is 5.02 Å². The van der Waals surface area contributed by atoms with E-state index in [1.807, 2.05) is 26.0 Å². The van der Waals surface area contributed by atoms with E-state index >= 15 is 0 Å². The molecule has 0 bridgehead atoms. The molecule has 1 heterocycles. The summed E-state index contributed by atoms with van der Waals surface area (Å²) in [5.74, 6) is 0. The number of rotatable bonds is 4. The minimum atomic E-state index is -3.62. The largest absolute Gasteiger partial charge is 0.398 e. The zero-order chi connectivity index (χ0) is 14.9. The van der Waals surface area contributed by atoms with Gasteiger partial charge in [0.25, 0.3) is 0 Å². The van der Waals surface area contributed by atoms with Gasteiger partial charge in [0.2, 0.25) is 10.0 Å². The molecule has 1 aromatic carbocycles. The van der Waals surface area contributed by atoms with Crippen LogP contribution in [-0.2, 0) is 10.0 Å². The molecular formula is C13H15ClN2O2S2. The number of nitrogens with one attached hydrogen (secondary N) is 1. The van der Waals surface area contributed by atoms with Crippen LogP contribution in [0.25, 0.3) is 0 Å². The van der Waals surface area contributed by atoms with Crippen molar-refractivity contribution in [3.05, 3.63) is 45.1 Å². The van der Waals surface area contributed by atoms with E-state index in [0.29, 0.717) is 5.69 Å². The summed E-state index contributed by atoms with van der Waals surface area (Å²) in [7, 11) is -3.62. The maximum atomic E-state index is 12.3. The molecule has 0 saturated heterocycles. The molecule has 1 aromatic heterocycles. The summed E-state index contributed by atoms with van der Waals surface area (Å²) in [5.41, 5.74) is 5.94. The van der Waals surface area contributed by atoms with Crippen LogP contribution in [0.1, 0.15) is 22.7 Å². The quantitative estimate of drug-likeness (QED) is 0.844. The predicted molar refractivity (Wildman–Crippen MR) is 83.7 cm³/mol. The van der Waals surface area contributed by atoms with Gasteiger partial charge in [0, 0.05) is 9.75 Å². The molecule has 4 nitrogen and oxygen atoms in total. The summed E-state index contributed by atoms with van der Waals surface area (Å²) in [6.45, 7) is 3.79. The van der Waals surface area contributed by atoms with Gasteiger partial charge in [-0.1, -0.05) is 11.6 Å². The molecule has 1 unspecified atom stereocenters. The van der Waals surface area contributed by atoms with Crippen LogP contribution in [0, 0.1) is 6.92 Å². The fourth-order valence-corrected chi connectivity index (χ4v) is 4.17. The number of nitrogens with two attached hydrogens (primary N) is 1. The SMILES string of the molecule is Cc1ccc(C(C)NS(=O)(=O)c2ccc(N)c(Cl)c2)s1. The number of hydrogen-bond donors (Lipinski definition) is 2. The molecule has 108 valence electrons.